The number of anilines is 1. The zero-order chi connectivity index (χ0) is 16.4. The van der Waals surface area contributed by atoms with Crippen LogP contribution in [0.2, 0.25) is 0 Å². The molecule has 126 valence electrons. The lowest BCUT2D eigenvalue weighted by Crippen LogP contribution is -2.35. The van der Waals surface area contributed by atoms with E-state index in [0.29, 0.717) is 0 Å². The third kappa shape index (κ3) is 3.06. The second-order valence-corrected chi connectivity index (χ2v) is 7.32. The zero-order valence-corrected chi connectivity index (χ0v) is 14.6. The minimum absolute atomic E-state index is 0.189. The molecule has 2 aliphatic heterocycles. The maximum absolute atomic E-state index is 12.8. The van der Waals surface area contributed by atoms with Gasteiger partial charge < -0.3 is 14.5 Å². The van der Waals surface area contributed by atoms with Gasteiger partial charge in [-0.2, -0.15) is 0 Å². The van der Waals surface area contributed by atoms with Crippen LogP contribution in [0.5, 0.6) is 0 Å². The lowest BCUT2D eigenvalue weighted by atomic mass is 10.1. The molecule has 0 atom stereocenters. The summed E-state index contributed by atoms with van der Waals surface area (Å²) in [5.41, 5.74) is 2.35. The fourth-order valence-corrected chi connectivity index (χ4v) is 4.59. The molecule has 0 radical (unpaired) electrons. The second kappa shape index (κ2) is 6.95. The number of ether oxygens (including phenoxy) is 1. The number of carbonyl (C=O) groups is 1. The highest BCUT2D eigenvalue weighted by Crippen LogP contribution is 2.40. The Morgan fingerprint density at radius 2 is 1.71 bits per heavy atom. The van der Waals surface area contributed by atoms with Crippen LogP contribution in [0.25, 0.3) is 11.1 Å². The molecule has 2 fully saturated rings. The maximum Gasteiger partial charge on any atom is 0.264 e. The molecule has 0 aliphatic carbocycles. The average molecular weight is 342 g/mol. The van der Waals surface area contributed by atoms with Gasteiger partial charge in [0.15, 0.2) is 0 Å². The number of benzene rings is 1. The molecule has 0 unspecified atom stereocenters. The van der Waals surface area contributed by atoms with Gasteiger partial charge in [0.1, 0.15) is 0 Å². The SMILES string of the molecule is O=C(c1cc(-c2ccccc2)c(N2CCOCC2)s1)N1CCCC1. The van der Waals surface area contributed by atoms with E-state index in [1.807, 2.05) is 11.0 Å². The van der Waals surface area contributed by atoms with Crippen LogP contribution in [0.3, 0.4) is 0 Å². The summed E-state index contributed by atoms with van der Waals surface area (Å²) in [6.45, 7) is 5.06. The standard InChI is InChI=1S/C19H22N2O2S/c22-18(20-8-4-5-9-20)17-14-16(15-6-2-1-3-7-15)19(24-17)21-10-12-23-13-11-21/h1-3,6-7,14H,4-5,8-13H2. The molecule has 2 saturated heterocycles. The molecule has 2 aromatic rings. The minimum Gasteiger partial charge on any atom is -0.378 e. The van der Waals surface area contributed by atoms with Crippen LogP contribution in [0.1, 0.15) is 22.5 Å². The number of amides is 1. The van der Waals surface area contributed by atoms with E-state index in [9.17, 15) is 4.79 Å². The third-order valence-electron chi connectivity index (χ3n) is 4.70. The van der Waals surface area contributed by atoms with E-state index in [1.165, 1.54) is 16.1 Å². The molecule has 1 aromatic carbocycles. The fourth-order valence-electron chi connectivity index (χ4n) is 3.39. The summed E-state index contributed by atoms with van der Waals surface area (Å²) in [5.74, 6) is 0.189. The van der Waals surface area contributed by atoms with Crippen LogP contribution in [0, 0.1) is 0 Å². The number of hydrogen-bond donors (Lipinski definition) is 0. The van der Waals surface area contributed by atoms with E-state index < -0.39 is 0 Å². The highest BCUT2D eigenvalue weighted by atomic mass is 32.1. The van der Waals surface area contributed by atoms with Crippen LogP contribution in [0.4, 0.5) is 5.00 Å². The van der Waals surface area contributed by atoms with Gasteiger partial charge in [-0.25, -0.2) is 0 Å². The first-order chi connectivity index (χ1) is 11.8. The number of likely N-dealkylation sites (tertiary alicyclic amines) is 1. The molecule has 0 bridgehead atoms. The van der Waals surface area contributed by atoms with Gasteiger partial charge in [0.25, 0.3) is 5.91 Å². The van der Waals surface area contributed by atoms with Crippen molar-refractivity contribution >= 4 is 22.2 Å². The van der Waals surface area contributed by atoms with Gasteiger partial charge in [-0.1, -0.05) is 30.3 Å². The first kappa shape index (κ1) is 15.7. The summed E-state index contributed by atoms with van der Waals surface area (Å²) in [6.07, 6.45) is 2.25. The van der Waals surface area contributed by atoms with Gasteiger partial charge in [-0.05, 0) is 24.5 Å². The Kier molecular flexibility index (Phi) is 4.54. The Hall–Kier alpha value is -1.85. The molecule has 5 heteroatoms. The fraction of sp³-hybridized carbons (Fsp3) is 0.421. The number of carbonyl (C=O) groups excluding carboxylic acids is 1. The summed E-state index contributed by atoms with van der Waals surface area (Å²) in [7, 11) is 0. The summed E-state index contributed by atoms with van der Waals surface area (Å²) in [6, 6.07) is 12.5. The number of hydrogen-bond acceptors (Lipinski definition) is 4. The number of thiophene rings is 1. The molecule has 0 N–H and O–H groups in total. The van der Waals surface area contributed by atoms with Crippen molar-refractivity contribution in [1.29, 1.82) is 0 Å². The van der Waals surface area contributed by atoms with Crippen molar-refractivity contribution in [2.45, 2.75) is 12.8 Å². The predicted molar refractivity (Wildman–Crippen MR) is 97.9 cm³/mol. The molecular weight excluding hydrogens is 320 g/mol. The Labute approximate surface area is 146 Å². The molecule has 3 heterocycles. The molecule has 0 spiro atoms. The zero-order valence-electron chi connectivity index (χ0n) is 13.7. The van der Waals surface area contributed by atoms with Crippen molar-refractivity contribution in [2.75, 3.05) is 44.3 Å². The molecule has 4 nitrogen and oxygen atoms in total. The normalized spacial score (nSPS) is 18.2. The van der Waals surface area contributed by atoms with E-state index in [1.54, 1.807) is 11.3 Å². The van der Waals surface area contributed by atoms with Crippen LogP contribution in [-0.4, -0.2) is 50.2 Å². The van der Waals surface area contributed by atoms with Gasteiger partial charge in [0, 0.05) is 31.7 Å². The Bertz CT molecular complexity index is 701. The Morgan fingerprint density at radius 3 is 2.42 bits per heavy atom. The summed E-state index contributed by atoms with van der Waals surface area (Å²) in [5, 5.41) is 1.20. The van der Waals surface area contributed by atoms with Crippen molar-refractivity contribution in [2.24, 2.45) is 0 Å². The molecular formula is C19H22N2O2S. The largest absolute Gasteiger partial charge is 0.378 e. The van der Waals surface area contributed by atoms with Gasteiger partial charge in [-0.15, -0.1) is 11.3 Å². The van der Waals surface area contributed by atoms with Gasteiger partial charge >= 0.3 is 0 Å². The summed E-state index contributed by atoms with van der Waals surface area (Å²) < 4.78 is 5.49. The van der Waals surface area contributed by atoms with Crippen LogP contribution >= 0.6 is 11.3 Å². The molecule has 0 saturated carbocycles. The quantitative estimate of drug-likeness (QED) is 0.856. The number of nitrogens with zero attached hydrogens (tertiary/aromatic N) is 2. The topological polar surface area (TPSA) is 32.8 Å². The predicted octanol–water partition coefficient (Wildman–Crippen LogP) is 3.49. The van der Waals surface area contributed by atoms with Gasteiger partial charge in [0.2, 0.25) is 0 Å². The summed E-state index contributed by atoms with van der Waals surface area (Å²) >= 11 is 1.63. The van der Waals surface area contributed by atoms with Crippen LogP contribution < -0.4 is 4.90 Å². The lowest BCUT2D eigenvalue weighted by Gasteiger charge is -2.28. The van der Waals surface area contributed by atoms with Crippen LogP contribution in [-0.2, 0) is 4.74 Å². The van der Waals surface area contributed by atoms with E-state index in [4.69, 9.17) is 4.74 Å². The molecule has 2 aliphatic rings. The second-order valence-electron chi connectivity index (χ2n) is 6.29. The monoisotopic (exact) mass is 342 g/mol. The van der Waals surface area contributed by atoms with E-state index in [0.717, 1.165) is 57.1 Å². The average Bonchev–Trinajstić information content (AvgIpc) is 3.33. The van der Waals surface area contributed by atoms with Gasteiger partial charge in [0.05, 0.1) is 23.1 Å². The molecule has 1 amide bonds. The lowest BCUT2D eigenvalue weighted by molar-refractivity contribution is 0.0797. The molecule has 24 heavy (non-hydrogen) atoms. The molecule has 1 aromatic heterocycles. The van der Waals surface area contributed by atoms with E-state index in [2.05, 4.69) is 35.2 Å². The van der Waals surface area contributed by atoms with Crippen molar-refractivity contribution < 1.29 is 9.53 Å². The van der Waals surface area contributed by atoms with Gasteiger partial charge in [-0.3, -0.25) is 4.79 Å². The van der Waals surface area contributed by atoms with E-state index >= 15 is 0 Å². The van der Waals surface area contributed by atoms with Crippen molar-refractivity contribution in [3.63, 3.8) is 0 Å². The van der Waals surface area contributed by atoms with Crippen molar-refractivity contribution in [3.8, 4) is 11.1 Å². The molecule has 4 rings (SSSR count). The van der Waals surface area contributed by atoms with Crippen molar-refractivity contribution in [3.05, 3.63) is 41.3 Å². The van der Waals surface area contributed by atoms with Crippen LogP contribution in [0.15, 0.2) is 36.4 Å². The minimum atomic E-state index is 0.189. The highest BCUT2D eigenvalue weighted by Gasteiger charge is 2.25. The van der Waals surface area contributed by atoms with E-state index in [-0.39, 0.29) is 5.91 Å². The number of rotatable bonds is 3. The Morgan fingerprint density at radius 1 is 1.00 bits per heavy atom. The Balaban J connectivity index is 1.71. The third-order valence-corrected chi connectivity index (χ3v) is 5.88. The number of morpholine rings is 1. The maximum atomic E-state index is 12.8. The summed E-state index contributed by atoms with van der Waals surface area (Å²) in [4.78, 5) is 18.0. The highest BCUT2D eigenvalue weighted by molar-refractivity contribution is 7.18. The smallest absolute Gasteiger partial charge is 0.264 e. The van der Waals surface area contributed by atoms with Crippen molar-refractivity contribution in [1.82, 2.24) is 4.90 Å². The first-order valence-corrected chi connectivity index (χ1v) is 9.46. The first-order valence-electron chi connectivity index (χ1n) is 8.64.